The summed E-state index contributed by atoms with van der Waals surface area (Å²) in [4.78, 5) is 28.7. The van der Waals surface area contributed by atoms with Gasteiger partial charge in [0.05, 0.1) is 37.2 Å². The lowest BCUT2D eigenvalue weighted by atomic mass is 10.2. The quantitative estimate of drug-likeness (QED) is 0.613. The molecule has 0 aliphatic heterocycles. The van der Waals surface area contributed by atoms with Crippen LogP contribution in [0.5, 0.6) is 11.5 Å². The SMILES string of the molecule is CCS(=O)(=O)CCNC(=O)CCCn1cnc2cc(OC)c(OC)cc2c1=O. The Hall–Kier alpha value is -2.62. The fourth-order valence-electron chi connectivity index (χ4n) is 2.63. The summed E-state index contributed by atoms with van der Waals surface area (Å²) >= 11 is 0. The molecule has 0 fully saturated rings. The molecule has 10 heteroatoms. The summed E-state index contributed by atoms with van der Waals surface area (Å²) in [5.74, 6) is 0.653. The number of sulfone groups is 1. The first-order chi connectivity index (χ1) is 13.3. The van der Waals surface area contributed by atoms with Crippen LogP contribution in [0.25, 0.3) is 10.9 Å². The monoisotopic (exact) mass is 411 g/mol. The van der Waals surface area contributed by atoms with Crippen LogP contribution in [0.3, 0.4) is 0 Å². The van der Waals surface area contributed by atoms with E-state index in [1.807, 2.05) is 0 Å². The van der Waals surface area contributed by atoms with Gasteiger partial charge < -0.3 is 14.8 Å². The Morgan fingerprint density at radius 1 is 1.21 bits per heavy atom. The van der Waals surface area contributed by atoms with Crippen molar-refractivity contribution >= 4 is 26.6 Å². The van der Waals surface area contributed by atoms with Crippen molar-refractivity contribution < 1.29 is 22.7 Å². The first-order valence-corrected chi connectivity index (χ1v) is 10.7. The van der Waals surface area contributed by atoms with Crippen LogP contribution in [-0.4, -0.2) is 56.1 Å². The molecule has 1 aromatic heterocycles. The van der Waals surface area contributed by atoms with E-state index in [2.05, 4.69) is 10.3 Å². The molecule has 28 heavy (non-hydrogen) atoms. The summed E-state index contributed by atoms with van der Waals surface area (Å²) in [6.45, 7) is 1.98. The molecular formula is C18H25N3O6S. The first-order valence-electron chi connectivity index (χ1n) is 8.89. The average Bonchev–Trinajstić information content (AvgIpc) is 2.68. The molecule has 0 saturated carbocycles. The number of nitrogens with one attached hydrogen (secondary N) is 1. The number of methoxy groups -OCH3 is 2. The number of hydrogen-bond acceptors (Lipinski definition) is 7. The number of amides is 1. The van der Waals surface area contributed by atoms with Gasteiger partial charge in [0.25, 0.3) is 5.56 Å². The second-order valence-electron chi connectivity index (χ2n) is 6.16. The van der Waals surface area contributed by atoms with E-state index < -0.39 is 9.84 Å². The zero-order valence-corrected chi connectivity index (χ0v) is 17.0. The summed E-state index contributed by atoms with van der Waals surface area (Å²) < 4.78 is 34.7. The molecule has 2 rings (SSSR count). The smallest absolute Gasteiger partial charge is 0.261 e. The largest absolute Gasteiger partial charge is 0.493 e. The van der Waals surface area contributed by atoms with E-state index in [1.165, 1.54) is 25.1 Å². The maximum absolute atomic E-state index is 12.6. The highest BCUT2D eigenvalue weighted by Gasteiger charge is 2.12. The molecule has 0 spiro atoms. The van der Waals surface area contributed by atoms with Gasteiger partial charge in [-0.15, -0.1) is 0 Å². The summed E-state index contributed by atoms with van der Waals surface area (Å²) in [5.41, 5.74) is 0.258. The molecule has 1 N–H and O–H groups in total. The van der Waals surface area contributed by atoms with E-state index in [1.54, 1.807) is 19.1 Å². The predicted molar refractivity (Wildman–Crippen MR) is 106 cm³/mol. The molecule has 0 aliphatic rings. The lowest BCUT2D eigenvalue weighted by molar-refractivity contribution is -0.121. The number of aromatic nitrogens is 2. The van der Waals surface area contributed by atoms with Crippen LogP contribution in [-0.2, 0) is 21.2 Å². The number of rotatable bonds is 10. The Bertz CT molecular complexity index is 1000. The summed E-state index contributed by atoms with van der Waals surface area (Å²) in [7, 11) is -0.107. The predicted octanol–water partition coefficient (Wildman–Crippen LogP) is 0.745. The third-order valence-electron chi connectivity index (χ3n) is 4.31. The Kier molecular flexibility index (Phi) is 7.38. The summed E-state index contributed by atoms with van der Waals surface area (Å²) in [6.07, 6.45) is 2.04. The van der Waals surface area contributed by atoms with Crippen LogP contribution in [0.15, 0.2) is 23.3 Å². The molecule has 0 aliphatic carbocycles. The molecule has 2 aromatic rings. The van der Waals surface area contributed by atoms with E-state index in [0.717, 1.165) is 0 Å². The van der Waals surface area contributed by atoms with Crippen molar-refractivity contribution in [1.82, 2.24) is 14.9 Å². The van der Waals surface area contributed by atoms with Crippen molar-refractivity contribution in [3.8, 4) is 11.5 Å². The molecule has 9 nitrogen and oxygen atoms in total. The lowest BCUT2D eigenvalue weighted by Crippen LogP contribution is -2.30. The van der Waals surface area contributed by atoms with E-state index >= 15 is 0 Å². The van der Waals surface area contributed by atoms with Gasteiger partial charge in [-0.25, -0.2) is 13.4 Å². The molecule has 154 valence electrons. The maximum atomic E-state index is 12.6. The van der Waals surface area contributed by atoms with Gasteiger partial charge in [0.1, 0.15) is 0 Å². The minimum Gasteiger partial charge on any atom is -0.493 e. The standard InChI is InChI=1S/C18H25N3O6S/c1-4-28(24,25)9-7-19-17(22)6-5-8-21-12-20-14-11-16(27-3)15(26-2)10-13(14)18(21)23/h10-12H,4-9H2,1-3H3,(H,19,22). The topological polar surface area (TPSA) is 117 Å². The van der Waals surface area contributed by atoms with Gasteiger partial charge in [-0.1, -0.05) is 6.92 Å². The number of benzene rings is 1. The number of aryl methyl sites for hydroxylation is 1. The third-order valence-corrected chi connectivity index (χ3v) is 6.01. The minimum absolute atomic E-state index is 0.0530. The van der Waals surface area contributed by atoms with Crippen molar-refractivity contribution in [2.24, 2.45) is 0 Å². The van der Waals surface area contributed by atoms with Crippen LogP contribution in [0.1, 0.15) is 19.8 Å². The van der Waals surface area contributed by atoms with Crippen LogP contribution in [0.4, 0.5) is 0 Å². The van der Waals surface area contributed by atoms with Crippen molar-refractivity contribution in [3.05, 3.63) is 28.8 Å². The van der Waals surface area contributed by atoms with Crippen LogP contribution in [0, 0.1) is 0 Å². The van der Waals surface area contributed by atoms with Crippen molar-refractivity contribution in [2.75, 3.05) is 32.3 Å². The first kappa shape index (κ1) is 21.7. The van der Waals surface area contributed by atoms with Gasteiger partial charge in [0.2, 0.25) is 5.91 Å². The molecule has 0 radical (unpaired) electrons. The number of nitrogens with zero attached hydrogens (tertiary/aromatic N) is 2. The molecule has 0 unspecified atom stereocenters. The van der Waals surface area contributed by atoms with Crippen molar-refractivity contribution in [1.29, 1.82) is 0 Å². The second-order valence-corrected chi connectivity index (χ2v) is 8.63. The number of fused-ring (bicyclic) bond motifs is 1. The third kappa shape index (κ3) is 5.44. The van der Waals surface area contributed by atoms with Gasteiger partial charge in [-0.3, -0.25) is 14.2 Å². The van der Waals surface area contributed by atoms with E-state index in [4.69, 9.17) is 9.47 Å². The fourth-order valence-corrected chi connectivity index (χ4v) is 3.34. The summed E-state index contributed by atoms with van der Waals surface area (Å²) in [6, 6.07) is 3.22. The highest BCUT2D eigenvalue weighted by atomic mass is 32.2. The Morgan fingerprint density at radius 3 is 2.54 bits per heavy atom. The van der Waals surface area contributed by atoms with Crippen LogP contribution < -0.4 is 20.3 Å². The van der Waals surface area contributed by atoms with Crippen molar-refractivity contribution in [3.63, 3.8) is 0 Å². The molecule has 1 amide bonds. The Labute approximate surface area is 163 Å². The molecular weight excluding hydrogens is 386 g/mol. The van der Waals surface area contributed by atoms with Crippen LogP contribution in [0.2, 0.25) is 0 Å². The zero-order chi connectivity index (χ0) is 20.7. The molecule has 0 saturated heterocycles. The number of carbonyl (C=O) groups excluding carboxylic acids is 1. The van der Waals surface area contributed by atoms with Gasteiger partial charge in [-0.2, -0.15) is 0 Å². The molecule has 0 bridgehead atoms. The van der Waals surface area contributed by atoms with Gasteiger partial charge in [0.15, 0.2) is 21.3 Å². The van der Waals surface area contributed by atoms with Crippen molar-refractivity contribution in [2.45, 2.75) is 26.3 Å². The normalized spacial score (nSPS) is 11.4. The Morgan fingerprint density at radius 2 is 1.89 bits per heavy atom. The average molecular weight is 411 g/mol. The number of hydrogen-bond donors (Lipinski definition) is 1. The second kappa shape index (κ2) is 9.54. The lowest BCUT2D eigenvalue weighted by Gasteiger charge is -2.10. The minimum atomic E-state index is -3.10. The number of carbonyl (C=O) groups is 1. The van der Waals surface area contributed by atoms with E-state index in [9.17, 15) is 18.0 Å². The maximum Gasteiger partial charge on any atom is 0.261 e. The van der Waals surface area contributed by atoms with Gasteiger partial charge in [0, 0.05) is 31.3 Å². The highest BCUT2D eigenvalue weighted by molar-refractivity contribution is 7.91. The van der Waals surface area contributed by atoms with Crippen LogP contribution >= 0.6 is 0 Å². The van der Waals surface area contributed by atoms with Gasteiger partial charge >= 0.3 is 0 Å². The fraction of sp³-hybridized carbons (Fsp3) is 0.500. The van der Waals surface area contributed by atoms with E-state index in [0.29, 0.717) is 35.4 Å². The van der Waals surface area contributed by atoms with Gasteiger partial charge in [-0.05, 0) is 12.5 Å². The summed E-state index contributed by atoms with van der Waals surface area (Å²) in [5, 5.41) is 2.98. The molecule has 1 aromatic carbocycles. The molecule has 0 atom stereocenters. The zero-order valence-electron chi connectivity index (χ0n) is 16.2. The highest BCUT2D eigenvalue weighted by Crippen LogP contribution is 2.29. The number of ether oxygens (including phenoxy) is 2. The Balaban J connectivity index is 1.98. The molecule has 1 heterocycles. The van der Waals surface area contributed by atoms with E-state index in [-0.39, 0.29) is 35.9 Å².